The molecule has 0 unspecified atom stereocenters. The molecule has 2 amide bonds. The Labute approximate surface area is 173 Å². The minimum absolute atomic E-state index is 0.234. The molecule has 0 fully saturated rings. The molecular weight excluding hydrogens is 382 g/mol. The van der Waals surface area contributed by atoms with Gasteiger partial charge in [-0.1, -0.05) is 6.07 Å². The second kappa shape index (κ2) is 8.28. The van der Waals surface area contributed by atoms with Gasteiger partial charge in [-0.2, -0.15) is 5.10 Å². The number of hydrogen-bond donors (Lipinski definition) is 2. The molecule has 0 saturated heterocycles. The number of furan rings is 1. The average Bonchev–Trinajstić information content (AvgIpc) is 3.11. The van der Waals surface area contributed by atoms with E-state index in [-0.39, 0.29) is 17.6 Å². The van der Waals surface area contributed by atoms with Gasteiger partial charge in [-0.25, -0.2) is 10.4 Å². The maximum absolute atomic E-state index is 12.8. The van der Waals surface area contributed by atoms with Gasteiger partial charge in [-0.15, -0.1) is 0 Å². The second-order valence-corrected chi connectivity index (χ2v) is 7.07. The topological polar surface area (TPSA) is 109 Å². The molecule has 3 aromatic heterocycles. The maximum Gasteiger partial charge on any atom is 0.292 e. The van der Waals surface area contributed by atoms with E-state index in [1.165, 1.54) is 6.20 Å². The summed E-state index contributed by atoms with van der Waals surface area (Å²) in [5.74, 6) is 0.734. The van der Waals surface area contributed by atoms with Gasteiger partial charge in [0.25, 0.3) is 11.8 Å². The van der Waals surface area contributed by atoms with Crippen LogP contribution < -0.4 is 10.7 Å². The van der Waals surface area contributed by atoms with Crippen molar-refractivity contribution in [3.8, 4) is 0 Å². The van der Waals surface area contributed by atoms with Crippen molar-refractivity contribution in [1.82, 2.24) is 15.4 Å². The Morgan fingerprint density at radius 3 is 2.70 bits per heavy atom. The molecule has 0 bridgehead atoms. The first-order chi connectivity index (χ1) is 14.5. The Bertz CT molecular complexity index is 1130. The summed E-state index contributed by atoms with van der Waals surface area (Å²) in [5.41, 5.74) is 6.05. The fraction of sp³-hybridized carbons (Fsp3) is 0.227. The first-order valence-corrected chi connectivity index (χ1v) is 9.67. The van der Waals surface area contributed by atoms with Crippen molar-refractivity contribution in [3.63, 3.8) is 0 Å². The van der Waals surface area contributed by atoms with Gasteiger partial charge >= 0.3 is 0 Å². The Balaban J connectivity index is 1.58. The predicted molar refractivity (Wildman–Crippen MR) is 112 cm³/mol. The van der Waals surface area contributed by atoms with Crippen molar-refractivity contribution < 1.29 is 14.0 Å². The molecule has 0 atom stereocenters. The second-order valence-electron chi connectivity index (χ2n) is 7.07. The highest BCUT2D eigenvalue weighted by Crippen LogP contribution is 2.30. The van der Waals surface area contributed by atoms with E-state index in [1.54, 1.807) is 24.5 Å². The van der Waals surface area contributed by atoms with E-state index in [2.05, 4.69) is 25.8 Å². The van der Waals surface area contributed by atoms with Crippen LogP contribution in [-0.4, -0.2) is 27.5 Å². The molecule has 152 valence electrons. The third-order valence-electron chi connectivity index (χ3n) is 4.99. The predicted octanol–water partition coefficient (Wildman–Crippen LogP) is 3.41. The quantitative estimate of drug-likeness (QED) is 0.649. The molecule has 3 heterocycles. The third kappa shape index (κ3) is 3.84. The number of carbonyl (C=O) groups is 2. The standard InChI is InChI=1S/C22H21N5O3/c1-13-6-4-11-24-20(13)25-22(29)19-14(2)18-16(8-3-9-17(18)30-19)26-27-21(28)15-7-5-10-23-12-15/h4-7,10-12H,3,8-9H2,1-2H3,(H,27,28)(H,24,25,29)/b26-16+. The van der Waals surface area contributed by atoms with Crippen LogP contribution in [0.4, 0.5) is 5.82 Å². The number of rotatable bonds is 4. The lowest BCUT2D eigenvalue weighted by molar-refractivity contribution is 0.0953. The van der Waals surface area contributed by atoms with Crippen LogP contribution in [0.1, 0.15) is 56.2 Å². The van der Waals surface area contributed by atoms with E-state index in [0.29, 0.717) is 41.3 Å². The molecule has 0 spiro atoms. The number of hydrazone groups is 1. The molecule has 30 heavy (non-hydrogen) atoms. The fourth-order valence-electron chi connectivity index (χ4n) is 3.46. The number of pyridine rings is 2. The van der Waals surface area contributed by atoms with Crippen molar-refractivity contribution >= 4 is 23.3 Å². The highest BCUT2D eigenvalue weighted by atomic mass is 16.4. The summed E-state index contributed by atoms with van der Waals surface area (Å²) >= 11 is 0. The van der Waals surface area contributed by atoms with E-state index in [1.807, 2.05) is 26.0 Å². The van der Waals surface area contributed by atoms with Gasteiger partial charge in [0, 0.05) is 36.1 Å². The Morgan fingerprint density at radius 2 is 1.93 bits per heavy atom. The zero-order valence-electron chi connectivity index (χ0n) is 16.7. The number of aromatic nitrogens is 2. The molecule has 8 heteroatoms. The molecule has 1 aliphatic rings. The van der Waals surface area contributed by atoms with Gasteiger partial charge in [0.2, 0.25) is 0 Å². The SMILES string of the molecule is Cc1cccnc1NC(=O)c1oc2c(c1C)/C(=N/NC(=O)c1cccnc1)CCC2. The lowest BCUT2D eigenvalue weighted by Gasteiger charge is -2.13. The van der Waals surface area contributed by atoms with E-state index < -0.39 is 0 Å². The molecular formula is C22H21N5O3. The van der Waals surface area contributed by atoms with Crippen LogP contribution >= 0.6 is 0 Å². The van der Waals surface area contributed by atoms with Crippen molar-refractivity contribution in [3.05, 3.63) is 76.6 Å². The first kappa shape index (κ1) is 19.5. The van der Waals surface area contributed by atoms with Crippen LogP contribution in [-0.2, 0) is 6.42 Å². The van der Waals surface area contributed by atoms with Crippen LogP contribution in [0.5, 0.6) is 0 Å². The van der Waals surface area contributed by atoms with Crippen LogP contribution in [0, 0.1) is 13.8 Å². The van der Waals surface area contributed by atoms with Gasteiger partial charge in [0.15, 0.2) is 5.76 Å². The average molecular weight is 403 g/mol. The first-order valence-electron chi connectivity index (χ1n) is 9.67. The van der Waals surface area contributed by atoms with E-state index >= 15 is 0 Å². The molecule has 0 radical (unpaired) electrons. The summed E-state index contributed by atoms with van der Waals surface area (Å²) in [5, 5.41) is 7.12. The molecule has 8 nitrogen and oxygen atoms in total. The lowest BCUT2D eigenvalue weighted by atomic mass is 9.93. The lowest BCUT2D eigenvalue weighted by Crippen LogP contribution is -2.22. The molecule has 4 rings (SSSR count). The van der Waals surface area contributed by atoms with Crippen molar-refractivity contribution in [2.45, 2.75) is 33.1 Å². The van der Waals surface area contributed by atoms with Crippen molar-refractivity contribution in [2.75, 3.05) is 5.32 Å². The molecule has 0 aliphatic heterocycles. The van der Waals surface area contributed by atoms with Gasteiger partial charge < -0.3 is 9.73 Å². The van der Waals surface area contributed by atoms with Crippen LogP contribution in [0.2, 0.25) is 0 Å². The maximum atomic E-state index is 12.8. The molecule has 3 aromatic rings. The zero-order chi connectivity index (χ0) is 21.1. The van der Waals surface area contributed by atoms with Crippen LogP contribution in [0.15, 0.2) is 52.4 Å². The summed E-state index contributed by atoms with van der Waals surface area (Å²) in [4.78, 5) is 33.2. The summed E-state index contributed by atoms with van der Waals surface area (Å²) < 4.78 is 5.89. The summed E-state index contributed by atoms with van der Waals surface area (Å²) in [6, 6.07) is 7.04. The number of carbonyl (C=O) groups excluding carboxylic acids is 2. The largest absolute Gasteiger partial charge is 0.455 e. The number of nitrogens with one attached hydrogen (secondary N) is 2. The number of nitrogens with zero attached hydrogens (tertiary/aromatic N) is 3. The summed E-state index contributed by atoms with van der Waals surface area (Å²) in [6.07, 6.45) is 6.92. The van der Waals surface area contributed by atoms with Gasteiger partial charge in [0.1, 0.15) is 11.6 Å². The van der Waals surface area contributed by atoms with Crippen LogP contribution in [0.25, 0.3) is 0 Å². The Kier molecular flexibility index (Phi) is 5.38. The molecule has 2 N–H and O–H groups in total. The normalized spacial score (nSPS) is 14.3. The third-order valence-corrected chi connectivity index (χ3v) is 4.99. The van der Waals surface area contributed by atoms with E-state index in [0.717, 1.165) is 17.5 Å². The number of aryl methyl sites for hydroxylation is 2. The van der Waals surface area contributed by atoms with Crippen LogP contribution in [0.3, 0.4) is 0 Å². The number of amides is 2. The van der Waals surface area contributed by atoms with Gasteiger partial charge in [-0.3, -0.25) is 14.6 Å². The smallest absolute Gasteiger partial charge is 0.292 e. The Morgan fingerprint density at radius 1 is 1.10 bits per heavy atom. The minimum Gasteiger partial charge on any atom is -0.455 e. The summed E-state index contributed by atoms with van der Waals surface area (Å²) in [7, 11) is 0. The molecule has 0 aromatic carbocycles. The molecule has 0 saturated carbocycles. The van der Waals surface area contributed by atoms with E-state index in [4.69, 9.17) is 4.42 Å². The number of fused-ring (bicyclic) bond motifs is 1. The highest BCUT2D eigenvalue weighted by Gasteiger charge is 2.28. The Hall–Kier alpha value is -3.81. The monoisotopic (exact) mass is 403 g/mol. The number of anilines is 1. The zero-order valence-corrected chi connectivity index (χ0v) is 16.7. The van der Waals surface area contributed by atoms with Crippen molar-refractivity contribution in [2.24, 2.45) is 5.10 Å². The molecule has 1 aliphatic carbocycles. The number of hydrogen-bond acceptors (Lipinski definition) is 6. The van der Waals surface area contributed by atoms with Gasteiger partial charge in [-0.05, 0) is 50.5 Å². The fourth-order valence-corrected chi connectivity index (χ4v) is 3.46. The van der Waals surface area contributed by atoms with E-state index in [9.17, 15) is 9.59 Å². The minimum atomic E-state index is -0.359. The highest BCUT2D eigenvalue weighted by molar-refractivity contribution is 6.09. The van der Waals surface area contributed by atoms with Gasteiger partial charge in [0.05, 0.1) is 11.3 Å². The summed E-state index contributed by atoms with van der Waals surface area (Å²) in [6.45, 7) is 3.70. The van der Waals surface area contributed by atoms with Crippen molar-refractivity contribution in [1.29, 1.82) is 0 Å².